The van der Waals surface area contributed by atoms with E-state index >= 15 is 0 Å². The number of nitrogen functional groups attached to an aromatic ring is 1. The molecule has 0 aromatic heterocycles. The molecule has 0 aliphatic heterocycles. The van der Waals surface area contributed by atoms with Crippen molar-refractivity contribution in [3.05, 3.63) is 29.3 Å². The number of rotatable bonds is 1. The third-order valence-corrected chi connectivity index (χ3v) is 3.62. The van der Waals surface area contributed by atoms with Gasteiger partial charge in [-0.25, -0.2) is 0 Å². The van der Waals surface area contributed by atoms with E-state index in [9.17, 15) is 0 Å². The van der Waals surface area contributed by atoms with Crippen LogP contribution in [-0.4, -0.2) is 0 Å². The summed E-state index contributed by atoms with van der Waals surface area (Å²) in [5.74, 6) is 1.57. The van der Waals surface area contributed by atoms with Gasteiger partial charge in [0.05, 0.1) is 0 Å². The first-order valence-electron chi connectivity index (χ1n) is 6.03. The average molecular weight is 203 g/mol. The summed E-state index contributed by atoms with van der Waals surface area (Å²) in [6, 6.07) is 6.44. The number of anilines is 1. The lowest BCUT2D eigenvalue weighted by atomic mass is 9.78. The zero-order chi connectivity index (χ0) is 10.8. The Balaban J connectivity index is 2.24. The van der Waals surface area contributed by atoms with Gasteiger partial charge in [0.1, 0.15) is 0 Å². The van der Waals surface area contributed by atoms with E-state index < -0.39 is 0 Å². The van der Waals surface area contributed by atoms with Crippen LogP contribution in [0.3, 0.4) is 0 Å². The summed E-state index contributed by atoms with van der Waals surface area (Å²) >= 11 is 0. The lowest BCUT2D eigenvalue weighted by Crippen LogP contribution is -2.13. The first kappa shape index (κ1) is 10.5. The Bertz CT molecular complexity index is 343. The van der Waals surface area contributed by atoms with Gasteiger partial charge < -0.3 is 5.73 Å². The van der Waals surface area contributed by atoms with E-state index in [1.165, 1.54) is 36.8 Å². The molecule has 0 spiro atoms. The maximum atomic E-state index is 6.07. The van der Waals surface area contributed by atoms with Crippen LogP contribution in [0.5, 0.6) is 0 Å². The first-order valence-corrected chi connectivity index (χ1v) is 6.03. The van der Waals surface area contributed by atoms with E-state index in [0.717, 1.165) is 11.6 Å². The molecule has 0 heterocycles. The molecule has 1 aromatic carbocycles. The quantitative estimate of drug-likeness (QED) is 0.689. The molecule has 0 amide bonds. The fourth-order valence-electron chi connectivity index (χ4n) is 2.76. The molecular weight excluding hydrogens is 182 g/mol. The largest absolute Gasteiger partial charge is 0.398 e. The van der Waals surface area contributed by atoms with E-state index in [-0.39, 0.29) is 0 Å². The van der Waals surface area contributed by atoms with Gasteiger partial charge in [-0.2, -0.15) is 0 Å². The molecule has 1 saturated carbocycles. The van der Waals surface area contributed by atoms with Crippen LogP contribution in [0.25, 0.3) is 0 Å². The van der Waals surface area contributed by atoms with Crippen molar-refractivity contribution in [1.29, 1.82) is 0 Å². The van der Waals surface area contributed by atoms with Crippen LogP contribution in [0.1, 0.15) is 49.7 Å². The van der Waals surface area contributed by atoms with Gasteiger partial charge in [-0.05, 0) is 43.2 Å². The third kappa shape index (κ3) is 2.34. The van der Waals surface area contributed by atoms with Gasteiger partial charge in [0.2, 0.25) is 0 Å². The highest BCUT2D eigenvalue weighted by Crippen LogP contribution is 2.38. The summed E-state index contributed by atoms with van der Waals surface area (Å²) in [6.07, 6.45) is 5.38. The van der Waals surface area contributed by atoms with Crippen molar-refractivity contribution < 1.29 is 0 Å². The Labute approximate surface area is 92.7 Å². The molecule has 2 N–H and O–H groups in total. The summed E-state index contributed by atoms with van der Waals surface area (Å²) in [5.41, 5.74) is 9.77. The predicted molar refractivity (Wildman–Crippen MR) is 66.0 cm³/mol. The lowest BCUT2D eigenvalue weighted by Gasteiger charge is -2.28. The molecule has 1 aliphatic rings. The molecule has 1 aliphatic carbocycles. The number of hydrogen-bond acceptors (Lipinski definition) is 1. The Kier molecular flexibility index (Phi) is 2.99. The molecule has 0 unspecified atom stereocenters. The van der Waals surface area contributed by atoms with Crippen LogP contribution in [0.4, 0.5) is 5.69 Å². The van der Waals surface area contributed by atoms with Crippen LogP contribution >= 0.6 is 0 Å². The van der Waals surface area contributed by atoms with E-state index in [4.69, 9.17) is 5.73 Å². The smallest absolute Gasteiger partial charge is 0.0349 e. The fraction of sp³-hybridized carbons (Fsp3) is 0.571. The monoisotopic (exact) mass is 203 g/mol. The molecule has 2 atom stereocenters. The lowest BCUT2D eigenvalue weighted by molar-refractivity contribution is 0.344. The molecule has 1 aromatic rings. The summed E-state index contributed by atoms with van der Waals surface area (Å²) < 4.78 is 0. The van der Waals surface area contributed by atoms with E-state index in [0.29, 0.717) is 5.92 Å². The van der Waals surface area contributed by atoms with Crippen molar-refractivity contribution in [3.63, 3.8) is 0 Å². The van der Waals surface area contributed by atoms with Crippen molar-refractivity contribution in [2.24, 2.45) is 5.92 Å². The Morgan fingerprint density at radius 2 is 2.07 bits per heavy atom. The van der Waals surface area contributed by atoms with E-state index in [1.807, 2.05) is 0 Å². The van der Waals surface area contributed by atoms with Crippen molar-refractivity contribution in [2.45, 2.75) is 45.4 Å². The molecule has 1 heteroatoms. The van der Waals surface area contributed by atoms with Gasteiger partial charge in [-0.3, -0.25) is 0 Å². The van der Waals surface area contributed by atoms with Crippen LogP contribution in [0, 0.1) is 12.8 Å². The number of benzene rings is 1. The summed E-state index contributed by atoms with van der Waals surface area (Å²) in [4.78, 5) is 0. The highest BCUT2D eigenvalue weighted by molar-refractivity contribution is 5.50. The van der Waals surface area contributed by atoms with Gasteiger partial charge >= 0.3 is 0 Å². The zero-order valence-corrected chi connectivity index (χ0v) is 9.79. The van der Waals surface area contributed by atoms with Gasteiger partial charge in [0.25, 0.3) is 0 Å². The summed E-state index contributed by atoms with van der Waals surface area (Å²) in [6.45, 7) is 4.51. The maximum absolute atomic E-state index is 6.07. The molecule has 0 radical (unpaired) electrons. The first-order chi connectivity index (χ1) is 7.16. The van der Waals surface area contributed by atoms with Gasteiger partial charge in [-0.1, -0.05) is 37.5 Å². The number of nitrogens with two attached hydrogens (primary N) is 1. The minimum absolute atomic E-state index is 0.702. The van der Waals surface area contributed by atoms with E-state index in [1.54, 1.807) is 0 Å². The topological polar surface area (TPSA) is 26.0 Å². The number of aryl methyl sites for hydroxylation is 1. The van der Waals surface area contributed by atoms with E-state index in [2.05, 4.69) is 32.0 Å². The Hall–Kier alpha value is -0.980. The molecule has 0 bridgehead atoms. The molecule has 2 rings (SSSR count). The molecule has 1 fully saturated rings. The normalized spacial score (nSPS) is 26.5. The molecule has 82 valence electrons. The Morgan fingerprint density at radius 3 is 2.80 bits per heavy atom. The minimum atomic E-state index is 0.702. The van der Waals surface area contributed by atoms with Crippen LogP contribution in [0.2, 0.25) is 0 Å². The summed E-state index contributed by atoms with van der Waals surface area (Å²) in [7, 11) is 0. The minimum Gasteiger partial charge on any atom is -0.398 e. The Morgan fingerprint density at radius 1 is 1.27 bits per heavy atom. The molecule has 15 heavy (non-hydrogen) atoms. The van der Waals surface area contributed by atoms with Gasteiger partial charge in [0.15, 0.2) is 0 Å². The van der Waals surface area contributed by atoms with Gasteiger partial charge in [0, 0.05) is 5.69 Å². The highest BCUT2D eigenvalue weighted by atomic mass is 14.6. The molecule has 0 saturated heterocycles. The average Bonchev–Trinajstić information content (AvgIpc) is 2.22. The van der Waals surface area contributed by atoms with Crippen LogP contribution in [0.15, 0.2) is 18.2 Å². The van der Waals surface area contributed by atoms with Gasteiger partial charge in [-0.15, -0.1) is 0 Å². The molecule has 1 nitrogen and oxygen atoms in total. The third-order valence-electron chi connectivity index (χ3n) is 3.62. The predicted octanol–water partition coefficient (Wildman–Crippen LogP) is 3.87. The number of hydrogen-bond donors (Lipinski definition) is 1. The standard InChI is InChI=1S/C14H21N/c1-10-4-3-5-12(8-10)13-9-11(2)6-7-14(13)15/h6-7,9-10,12H,3-5,8,15H2,1-2H3/t10-,12-/m0/s1. The van der Waals surface area contributed by atoms with Crippen LogP contribution in [-0.2, 0) is 0 Å². The maximum Gasteiger partial charge on any atom is 0.0349 e. The van der Waals surface area contributed by atoms with Crippen molar-refractivity contribution in [2.75, 3.05) is 5.73 Å². The highest BCUT2D eigenvalue weighted by Gasteiger charge is 2.21. The second-order valence-corrected chi connectivity index (χ2v) is 5.10. The SMILES string of the molecule is Cc1ccc(N)c([C@H]2CCC[C@H](C)C2)c1. The van der Waals surface area contributed by atoms with Crippen LogP contribution < -0.4 is 5.73 Å². The van der Waals surface area contributed by atoms with Crippen molar-refractivity contribution in [3.8, 4) is 0 Å². The van der Waals surface area contributed by atoms with Crippen molar-refractivity contribution in [1.82, 2.24) is 0 Å². The molecular formula is C14H21N. The second-order valence-electron chi connectivity index (χ2n) is 5.10. The summed E-state index contributed by atoms with van der Waals surface area (Å²) in [5, 5.41) is 0. The second kappa shape index (κ2) is 4.26. The fourth-order valence-corrected chi connectivity index (χ4v) is 2.76. The van der Waals surface area contributed by atoms with Crippen molar-refractivity contribution >= 4 is 5.69 Å². The zero-order valence-electron chi connectivity index (χ0n) is 9.79.